The maximum absolute atomic E-state index is 5.74. The molecule has 0 aliphatic heterocycles. The number of aryl methyl sites for hydroxylation is 3. The van der Waals surface area contributed by atoms with Crippen LogP contribution in [0, 0.1) is 20.8 Å². The van der Waals surface area contributed by atoms with E-state index < -0.39 is 0 Å². The van der Waals surface area contributed by atoms with Gasteiger partial charge in [-0.05, 0) is 56.2 Å². The van der Waals surface area contributed by atoms with Crippen LogP contribution in [0.3, 0.4) is 0 Å². The van der Waals surface area contributed by atoms with Crippen molar-refractivity contribution in [2.75, 3.05) is 0 Å². The van der Waals surface area contributed by atoms with Crippen molar-refractivity contribution in [1.82, 2.24) is 20.4 Å². The molecule has 0 aliphatic rings. The largest absolute Gasteiger partial charge is 0.420 e. The molecule has 0 unspecified atom stereocenters. The fourth-order valence-electron chi connectivity index (χ4n) is 2.59. The van der Waals surface area contributed by atoms with E-state index in [1.165, 1.54) is 22.9 Å². The molecule has 0 saturated carbocycles. The Labute approximate surface area is 161 Å². The second kappa shape index (κ2) is 7.36. The molecule has 4 aromatic rings. The topological polar surface area (TPSA) is 77.8 Å². The third kappa shape index (κ3) is 3.93. The normalized spacial score (nSPS) is 11.1. The van der Waals surface area contributed by atoms with Crippen molar-refractivity contribution in [2.24, 2.45) is 0 Å². The Balaban J connectivity index is 1.44. The van der Waals surface area contributed by atoms with E-state index in [1.807, 2.05) is 49.4 Å². The van der Waals surface area contributed by atoms with Gasteiger partial charge < -0.3 is 8.83 Å². The van der Waals surface area contributed by atoms with Crippen molar-refractivity contribution in [1.29, 1.82) is 0 Å². The molecular formula is C20H18N4O2S. The van der Waals surface area contributed by atoms with E-state index in [-0.39, 0.29) is 0 Å². The zero-order valence-electron chi connectivity index (χ0n) is 15.3. The molecule has 0 spiro atoms. The van der Waals surface area contributed by atoms with E-state index in [0.717, 1.165) is 16.7 Å². The van der Waals surface area contributed by atoms with E-state index >= 15 is 0 Å². The minimum Gasteiger partial charge on any atom is -0.420 e. The van der Waals surface area contributed by atoms with Crippen molar-refractivity contribution < 1.29 is 8.83 Å². The molecule has 2 aromatic carbocycles. The minimum absolute atomic E-state index is 0.466. The summed E-state index contributed by atoms with van der Waals surface area (Å²) >= 11 is 1.37. The smallest absolute Gasteiger partial charge is 0.277 e. The average molecular weight is 378 g/mol. The van der Waals surface area contributed by atoms with Gasteiger partial charge in [0.1, 0.15) is 0 Å². The lowest BCUT2D eigenvalue weighted by Gasteiger charge is -2.00. The molecule has 0 aliphatic carbocycles. The van der Waals surface area contributed by atoms with Crippen molar-refractivity contribution >= 4 is 11.8 Å². The molecule has 136 valence electrons. The molecule has 27 heavy (non-hydrogen) atoms. The van der Waals surface area contributed by atoms with Gasteiger partial charge in [0.05, 0.1) is 5.75 Å². The number of rotatable bonds is 5. The van der Waals surface area contributed by atoms with Crippen LogP contribution < -0.4 is 0 Å². The van der Waals surface area contributed by atoms with Crippen molar-refractivity contribution in [3.05, 3.63) is 65.0 Å². The maximum Gasteiger partial charge on any atom is 0.277 e. The molecule has 0 fully saturated rings. The van der Waals surface area contributed by atoms with Gasteiger partial charge in [-0.1, -0.05) is 35.5 Å². The lowest BCUT2D eigenvalue weighted by Crippen LogP contribution is -1.83. The number of nitrogens with zero attached hydrogens (tertiary/aromatic N) is 4. The molecule has 6 nitrogen and oxygen atoms in total. The van der Waals surface area contributed by atoms with Crippen LogP contribution in [0.5, 0.6) is 0 Å². The van der Waals surface area contributed by atoms with Gasteiger partial charge in [0.25, 0.3) is 5.22 Å². The molecule has 2 heterocycles. The number of hydrogen-bond acceptors (Lipinski definition) is 7. The van der Waals surface area contributed by atoms with Gasteiger partial charge in [0.15, 0.2) is 0 Å². The van der Waals surface area contributed by atoms with Crippen molar-refractivity contribution in [3.8, 4) is 22.9 Å². The average Bonchev–Trinajstić information content (AvgIpc) is 3.32. The van der Waals surface area contributed by atoms with Crippen LogP contribution in [-0.4, -0.2) is 20.4 Å². The highest BCUT2D eigenvalue weighted by atomic mass is 32.2. The predicted molar refractivity (Wildman–Crippen MR) is 103 cm³/mol. The summed E-state index contributed by atoms with van der Waals surface area (Å²) in [4.78, 5) is 0. The zero-order chi connectivity index (χ0) is 18.8. The highest BCUT2D eigenvalue weighted by Gasteiger charge is 2.13. The van der Waals surface area contributed by atoms with Crippen LogP contribution in [-0.2, 0) is 5.75 Å². The summed E-state index contributed by atoms with van der Waals surface area (Å²) in [6.07, 6.45) is 0. The first kappa shape index (κ1) is 17.5. The molecule has 0 atom stereocenters. The van der Waals surface area contributed by atoms with Gasteiger partial charge in [-0.2, -0.15) is 0 Å². The third-order valence-electron chi connectivity index (χ3n) is 4.21. The van der Waals surface area contributed by atoms with E-state index in [0.29, 0.717) is 28.6 Å². The molecule has 0 amide bonds. The molecular weight excluding hydrogens is 360 g/mol. The molecule has 4 rings (SSSR count). The summed E-state index contributed by atoms with van der Waals surface area (Å²) in [6, 6.07) is 14.0. The maximum atomic E-state index is 5.74. The Morgan fingerprint density at radius 1 is 0.778 bits per heavy atom. The van der Waals surface area contributed by atoms with E-state index in [4.69, 9.17) is 8.83 Å². The Bertz CT molecular complexity index is 1090. The lowest BCUT2D eigenvalue weighted by atomic mass is 10.1. The van der Waals surface area contributed by atoms with E-state index in [9.17, 15) is 0 Å². The fraction of sp³-hybridized carbons (Fsp3) is 0.200. The molecule has 2 aromatic heterocycles. The van der Waals surface area contributed by atoms with Crippen LogP contribution in [0.1, 0.15) is 22.6 Å². The minimum atomic E-state index is 0.466. The van der Waals surface area contributed by atoms with Crippen LogP contribution >= 0.6 is 11.8 Å². The summed E-state index contributed by atoms with van der Waals surface area (Å²) in [5.74, 6) is 2.00. The molecule has 7 heteroatoms. The summed E-state index contributed by atoms with van der Waals surface area (Å²) < 4.78 is 11.5. The number of benzene rings is 2. The summed E-state index contributed by atoms with van der Waals surface area (Å²) in [5, 5.41) is 16.9. The van der Waals surface area contributed by atoms with Gasteiger partial charge in [0.2, 0.25) is 17.7 Å². The Hall–Kier alpha value is -2.93. The highest BCUT2D eigenvalue weighted by Crippen LogP contribution is 2.27. The quantitative estimate of drug-likeness (QED) is 0.452. The van der Waals surface area contributed by atoms with Gasteiger partial charge in [-0.15, -0.1) is 20.4 Å². The lowest BCUT2D eigenvalue weighted by molar-refractivity contribution is 0.464. The monoisotopic (exact) mass is 378 g/mol. The summed E-state index contributed by atoms with van der Waals surface area (Å²) in [7, 11) is 0. The van der Waals surface area contributed by atoms with Crippen LogP contribution in [0.15, 0.2) is 56.5 Å². The zero-order valence-corrected chi connectivity index (χ0v) is 16.1. The van der Waals surface area contributed by atoms with Gasteiger partial charge in [0, 0.05) is 11.1 Å². The highest BCUT2D eigenvalue weighted by molar-refractivity contribution is 7.98. The Kier molecular flexibility index (Phi) is 4.77. The predicted octanol–water partition coefficient (Wildman–Crippen LogP) is 5.00. The standard InChI is InChI=1S/C20H18N4O2S/c1-12-5-4-6-15(9-12)18-22-21-17(25-18)11-27-20-24-23-19(26-20)16-8-7-13(2)14(3)10-16/h4-10H,11H2,1-3H3. The Morgan fingerprint density at radius 3 is 2.37 bits per heavy atom. The summed E-state index contributed by atoms with van der Waals surface area (Å²) in [5.41, 5.74) is 5.39. The summed E-state index contributed by atoms with van der Waals surface area (Å²) in [6.45, 7) is 6.16. The number of aromatic nitrogens is 4. The first-order valence-electron chi connectivity index (χ1n) is 8.52. The number of thioether (sulfide) groups is 1. The second-order valence-corrected chi connectivity index (χ2v) is 7.26. The molecule has 0 saturated heterocycles. The van der Waals surface area contributed by atoms with Crippen LogP contribution in [0.4, 0.5) is 0 Å². The first-order chi connectivity index (χ1) is 13.1. The first-order valence-corrected chi connectivity index (χ1v) is 9.50. The second-order valence-electron chi connectivity index (χ2n) is 6.33. The number of hydrogen-bond donors (Lipinski definition) is 0. The van der Waals surface area contributed by atoms with Gasteiger partial charge in [-0.3, -0.25) is 0 Å². The fourth-order valence-corrected chi connectivity index (χ4v) is 3.19. The molecule has 0 radical (unpaired) electrons. The Morgan fingerprint density at radius 2 is 1.56 bits per heavy atom. The van der Waals surface area contributed by atoms with Crippen LogP contribution in [0.2, 0.25) is 0 Å². The van der Waals surface area contributed by atoms with Crippen LogP contribution in [0.25, 0.3) is 22.9 Å². The molecule has 0 N–H and O–H groups in total. The SMILES string of the molecule is Cc1cccc(-c2nnc(CSc3nnc(-c4ccc(C)c(C)c4)o3)o2)c1. The van der Waals surface area contributed by atoms with Crippen molar-refractivity contribution in [2.45, 2.75) is 31.7 Å². The van der Waals surface area contributed by atoms with Crippen molar-refractivity contribution in [3.63, 3.8) is 0 Å². The molecule has 0 bridgehead atoms. The van der Waals surface area contributed by atoms with Gasteiger partial charge >= 0.3 is 0 Å². The van der Waals surface area contributed by atoms with Gasteiger partial charge in [-0.25, -0.2) is 0 Å². The van der Waals surface area contributed by atoms with E-state index in [2.05, 4.69) is 34.2 Å². The van der Waals surface area contributed by atoms with E-state index in [1.54, 1.807) is 0 Å². The third-order valence-corrected chi connectivity index (χ3v) is 5.01.